The Hall–Kier alpha value is -0.760. The van der Waals surface area contributed by atoms with Crippen LogP contribution in [0.3, 0.4) is 0 Å². The molecule has 14 heavy (non-hydrogen) atoms. The summed E-state index contributed by atoms with van der Waals surface area (Å²) >= 11 is 2.01. The third-order valence-corrected chi connectivity index (χ3v) is 3.92. The van der Waals surface area contributed by atoms with Gasteiger partial charge in [0.05, 0.1) is 0 Å². The summed E-state index contributed by atoms with van der Waals surface area (Å²) in [5.74, 6) is 3.32. The van der Waals surface area contributed by atoms with Gasteiger partial charge in [0.25, 0.3) is 0 Å². The number of thioether (sulfide) groups is 1. The molecule has 0 spiro atoms. The van der Waals surface area contributed by atoms with Crippen molar-refractivity contribution in [1.82, 2.24) is 0 Å². The van der Waals surface area contributed by atoms with Crippen molar-refractivity contribution in [3.05, 3.63) is 35.4 Å². The van der Waals surface area contributed by atoms with E-state index >= 15 is 0 Å². The van der Waals surface area contributed by atoms with E-state index in [9.17, 15) is 4.79 Å². The van der Waals surface area contributed by atoms with Crippen molar-refractivity contribution in [1.29, 1.82) is 0 Å². The number of carbonyl (C=O) groups is 1. The zero-order chi connectivity index (χ0) is 9.80. The molecule has 0 bridgehead atoms. The lowest BCUT2D eigenvalue weighted by Gasteiger charge is -2.25. The second-order valence-electron chi connectivity index (χ2n) is 3.68. The van der Waals surface area contributed by atoms with E-state index in [1.807, 2.05) is 11.8 Å². The fourth-order valence-corrected chi connectivity index (χ4v) is 2.47. The molecule has 2 rings (SSSR count). The van der Waals surface area contributed by atoms with Crippen molar-refractivity contribution in [2.45, 2.75) is 18.8 Å². The Kier molecular flexibility index (Phi) is 3.25. The third-order valence-electron chi connectivity index (χ3n) is 2.64. The first-order chi connectivity index (χ1) is 6.90. The maximum Gasteiger partial charge on any atom is 0.120 e. The standard InChI is InChI=1S/C12H14OS/c13-7-1-2-10-3-5-11(6-4-10)12-8-14-9-12/h3-7,12H,1-2,8-9H2. The zero-order valence-electron chi connectivity index (χ0n) is 8.11. The Balaban J connectivity index is 1.98. The van der Waals surface area contributed by atoms with E-state index in [4.69, 9.17) is 0 Å². The van der Waals surface area contributed by atoms with Gasteiger partial charge in [0.15, 0.2) is 0 Å². The van der Waals surface area contributed by atoms with E-state index in [1.165, 1.54) is 22.6 Å². The van der Waals surface area contributed by atoms with Crippen LogP contribution in [0.15, 0.2) is 24.3 Å². The van der Waals surface area contributed by atoms with Crippen LogP contribution in [0.25, 0.3) is 0 Å². The molecule has 74 valence electrons. The first kappa shape index (κ1) is 9.78. The lowest BCUT2D eigenvalue weighted by molar-refractivity contribution is -0.107. The highest BCUT2D eigenvalue weighted by molar-refractivity contribution is 8.00. The van der Waals surface area contributed by atoms with Crippen molar-refractivity contribution in [3.63, 3.8) is 0 Å². The summed E-state index contributed by atoms with van der Waals surface area (Å²) in [6.07, 6.45) is 2.50. The number of hydrogen-bond donors (Lipinski definition) is 0. The number of hydrogen-bond acceptors (Lipinski definition) is 2. The summed E-state index contributed by atoms with van der Waals surface area (Å²) in [5, 5.41) is 0. The van der Waals surface area contributed by atoms with Crippen LogP contribution < -0.4 is 0 Å². The van der Waals surface area contributed by atoms with E-state index < -0.39 is 0 Å². The molecule has 1 aromatic rings. The minimum atomic E-state index is 0.638. The minimum absolute atomic E-state index is 0.638. The minimum Gasteiger partial charge on any atom is -0.303 e. The molecular formula is C12H14OS. The Bertz CT molecular complexity index is 301. The van der Waals surface area contributed by atoms with Gasteiger partial charge in [-0.25, -0.2) is 0 Å². The van der Waals surface area contributed by atoms with Gasteiger partial charge in [0, 0.05) is 23.8 Å². The van der Waals surface area contributed by atoms with Crippen LogP contribution in [0, 0.1) is 0 Å². The summed E-state index contributed by atoms with van der Waals surface area (Å²) in [5.41, 5.74) is 2.73. The lowest BCUT2D eigenvalue weighted by Crippen LogP contribution is -2.15. The van der Waals surface area contributed by atoms with Crippen LogP contribution >= 0.6 is 11.8 Å². The lowest BCUT2D eigenvalue weighted by atomic mass is 9.99. The maximum atomic E-state index is 10.2. The molecule has 1 aliphatic heterocycles. The van der Waals surface area contributed by atoms with Crippen LogP contribution in [0.5, 0.6) is 0 Å². The second-order valence-corrected chi connectivity index (χ2v) is 4.76. The highest BCUT2D eigenvalue weighted by Crippen LogP contribution is 2.33. The largest absolute Gasteiger partial charge is 0.303 e. The molecule has 1 nitrogen and oxygen atoms in total. The van der Waals surface area contributed by atoms with Crippen molar-refractivity contribution in [2.24, 2.45) is 0 Å². The molecular weight excluding hydrogens is 192 g/mol. The molecule has 0 atom stereocenters. The van der Waals surface area contributed by atoms with Crippen molar-refractivity contribution >= 4 is 18.0 Å². The Morgan fingerprint density at radius 1 is 1.29 bits per heavy atom. The SMILES string of the molecule is O=CCCc1ccc(C2CSC2)cc1. The second kappa shape index (κ2) is 4.65. The molecule has 1 aromatic carbocycles. The summed E-state index contributed by atoms with van der Waals surface area (Å²) in [6, 6.07) is 8.73. The normalized spacial score (nSPS) is 16.3. The van der Waals surface area contributed by atoms with Gasteiger partial charge in [-0.05, 0) is 17.5 Å². The van der Waals surface area contributed by atoms with Gasteiger partial charge in [0.2, 0.25) is 0 Å². The van der Waals surface area contributed by atoms with Crippen LogP contribution in [0.2, 0.25) is 0 Å². The summed E-state index contributed by atoms with van der Waals surface area (Å²) < 4.78 is 0. The fraction of sp³-hybridized carbons (Fsp3) is 0.417. The van der Waals surface area contributed by atoms with E-state index in [2.05, 4.69) is 24.3 Å². The Labute approximate surface area is 88.9 Å². The van der Waals surface area contributed by atoms with E-state index in [1.54, 1.807) is 0 Å². The summed E-state index contributed by atoms with van der Waals surface area (Å²) in [4.78, 5) is 10.2. The zero-order valence-corrected chi connectivity index (χ0v) is 8.93. The molecule has 0 aliphatic carbocycles. The van der Waals surface area contributed by atoms with Crippen molar-refractivity contribution < 1.29 is 4.79 Å². The molecule has 2 heteroatoms. The van der Waals surface area contributed by atoms with Crippen LogP contribution in [0.1, 0.15) is 23.5 Å². The van der Waals surface area contributed by atoms with Gasteiger partial charge >= 0.3 is 0 Å². The highest BCUT2D eigenvalue weighted by atomic mass is 32.2. The Morgan fingerprint density at radius 2 is 2.00 bits per heavy atom. The van der Waals surface area contributed by atoms with Gasteiger partial charge < -0.3 is 4.79 Å². The molecule has 1 aliphatic rings. The van der Waals surface area contributed by atoms with Crippen LogP contribution in [0.4, 0.5) is 0 Å². The van der Waals surface area contributed by atoms with E-state index in [0.717, 1.165) is 18.6 Å². The van der Waals surface area contributed by atoms with Gasteiger partial charge in [0.1, 0.15) is 6.29 Å². The number of aryl methyl sites for hydroxylation is 1. The van der Waals surface area contributed by atoms with Gasteiger partial charge in [-0.3, -0.25) is 0 Å². The number of carbonyl (C=O) groups excluding carboxylic acids is 1. The van der Waals surface area contributed by atoms with Crippen LogP contribution in [-0.2, 0) is 11.2 Å². The van der Waals surface area contributed by atoms with Gasteiger partial charge in [-0.2, -0.15) is 11.8 Å². The van der Waals surface area contributed by atoms with Gasteiger partial charge in [-0.15, -0.1) is 0 Å². The topological polar surface area (TPSA) is 17.1 Å². The molecule has 0 aromatic heterocycles. The third kappa shape index (κ3) is 2.18. The van der Waals surface area contributed by atoms with Crippen molar-refractivity contribution in [3.8, 4) is 0 Å². The monoisotopic (exact) mass is 206 g/mol. The molecule has 0 N–H and O–H groups in total. The molecule has 1 fully saturated rings. The van der Waals surface area contributed by atoms with E-state index in [0.29, 0.717) is 6.42 Å². The molecule has 0 saturated carbocycles. The average Bonchev–Trinajstić information content (AvgIpc) is 2.14. The molecule has 1 saturated heterocycles. The molecule has 0 amide bonds. The highest BCUT2D eigenvalue weighted by Gasteiger charge is 2.19. The molecule has 0 unspecified atom stereocenters. The smallest absolute Gasteiger partial charge is 0.120 e. The first-order valence-electron chi connectivity index (χ1n) is 5.00. The predicted molar refractivity (Wildman–Crippen MR) is 60.9 cm³/mol. The molecule has 1 heterocycles. The predicted octanol–water partition coefficient (Wildman–Crippen LogP) is 2.65. The van der Waals surface area contributed by atoms with Gasteiger partial charge in [-0.1, -0.05) is 24.3 Å². The number of benzene rings is 1. The number of aldehydes is 1. The maximum absolute atomic E-state index is 10.2. The first-order valence-corrected chi connectivity index (χ1v) is 6.16. The fourth-order valence-electron chi connectivity index (χ4n) is 1.61. The van der Waals surface area contributed by atoms with Crippen molar-refractivity contribution in [2.75, 3.05) is 11.5 Å². The van der Waals surface area contributed by atoms with Crippen LogP contribution in [-0.4, -0.2) is 17.8 Å². The molecule has 0 radical (unpaired) electrons. The number of rotatable bonds is 4. The summed E-state index contributed by atoms with van der Waals surface area (Å²) in [6.45, 7) is 0. The Morgan fingerprint density at radius 3 is 2.50 bits per heavy atom. The quantitative estimate of drug-likeness (QED) is 0.704. The average molecular weight is 206 g/mol. The summed E-state index contributed by atoms with van der Waals surface area (Å²) in [7, 11) is 0. The van der Waals surface area contributed by atoms with E-state index in [-0.39, 0.29) is 0 Å².